The van der Waals surface area contributed by atoms with E-state index in [0.29, 0.717) is 12.4 Å². The maximum absolute atomic E-state index is 14.5. The third-order valence-corrected chi connectivity index (χ3v) is 5.98. The van der Waals surface area contributed by atoms with Gasteiger partial charge in [0.05, 0.1) is 18.2 Å². The Morgan fingerprint density at radius 1 is 1.17 bits per heavy atom. The summed E-state index contributed by atoms with van der Waals surface area (Å²) in [4.78, 5) is 21.8. The predicted molar refractivity (Wildman–Crippen MR) is 118 cm³/mol. The average molecular weight is 512 g/mol. The van der Waals surface area contributed by atoms with Crippen LogP contribution in [0.25, 0.3) is 11.1 Å². The lowest BCUT2D eigenvalue weighted by Crippen LogP contribution is -2.57. The van der Waals surface area contributed by atoms with Crippen molar-refractivity contribution in [1.29, 1.82) is 0 Å². The molecule has 3 aromatic rings. The van der Waals surface area contributed by atoms with E-state index in [2.05, 4.69) is 20.4 Å². The third kappa shape index (κ3) is 5.29. The number of carbonyl (C=O) groups is 1. The Bertz CT molecular complexity index is 1240. The van der Waals surface area contributed by atoms with Crippen LogP contribution < -0.4 is 5.32 Å². The first-order valence-electron chi connectivity index (χ1n) is 11.0. The van der Waals surface area contributed by atoms with Gasteiger partial charge in [0.1, 0.15) is 5.82 Å². The molecule has 1 saturated heterocycles. The molecule has 0 bridgehead atoms. The first kappa shape index (κ1) is 25.5. The zero-order valence-electron chi connectivity index (χ0n) is 19.2. The van der Waals surface area contributed by atoms with Crippen molar-refractivity contribution in [3.63, 3.8) is 0 Å². The smallest absolute Gasteiger partial charge is 0.352 e. The Morgan fingerprint density at radius 3 is 2.47 bits per heavy atom. The largest absolute Gasteiger partial charge is 0.419 e. The van der Waals surface area contributed by atoms with Crippen LogP contribution in [0.4, 0.5) is 32.3 Å². The number of halogens is 6. The molecule has 0 radical (unpaired) electrons. The summed E-state index contributed by atoms with van der Waals surface area (Å²) in [5.41, 5.74) is -0.979. The summed E-state index contributed by atoms with van der Waals surface area (Å²) in [6.07, 6.45) is -2.47. The fraction of sp³-hybridized carbons (Fsp3) is 0.391. The van der Waals surface area contributed by atoms with Crippen molar-refractivity contribution in [1.82, 2.24) is 24.6 Å². The van der Waals surface area contributed by atoms with Gasteiger partial charge >= 0.3 is 6.18 Å². The van der Waals surface area contributed by atoms with Gasteiger partial charge in [-0.15, -0.1) is 0 Å². The number of rotatable bonds is 5. The van der Waals surface area contributed by atoms with Crippen LogP contribution in [0.3, 0.4) is 0 Å². The molecule has 192 valence electrons. The van der Waals surface area contributed by atoms with Crippen LogP contribution >= 0.6 is 0 Å². The second-order valence-corrected chi connectivity index (χ2v) is 8.76. The maximum atomic E-state index is 14.5. The first-order valence-corrected chi connectivity index (χ1v) is 11.0. The van der Waals surface area contributed by atoms with Crippen molar-refractivity contribution in [2.75, 3.05) is 18.4 Å². The molecule has 0 aliphatic carbocycles. The van der Waals surface area contributed by atoms with Gasteiger partial charge in [0.15, 0.2) is 5.69 Å². The highest BCUT2D eigenvalue weighted by Crippen LogP contribution is 2.36. The van der Waals surface area contributed by atoms with Crippen LogP contribution in [-0.4, -0.2) is 55.6 Å². The molecule has 4 rings (SSSR count). The number of nitrogens with zero attached hydrogens (tertiary/aromatic N) is 5. The molecule has 13 heteroatoms. The van der Waals surface area contributed by atoms with Gasteiger partial charge in [-0.25, -0.2) is 23.1 Å². The van der Waals surface area contributed by atoms with E-state index in [1.807, 2.05) is 0 Å². The SMILES string of the molecule is CC1CC(F)(F)CN(C(=O)c2nn(C)cc2-c2ccccc2F)C1CNc1ncc(C(F)(F)F)cn1. The minimum atomic E-state index is -4.61. The zero-order chi connectivity index (χ0) is 26.3. The number of hydrogen-bond donors (Lipinski definition) is 1. The van der Waals surface area contributed by atoms with Crippen molar-refractivity contribution in [3.8, 4) is 11.1 Å². The standard InChI is InChI=1S/C23H22F6N6O/c1-13-7-22(25,26)12-35(18(13)10-32-21-30-8-14(9-31-21)23(27,28)29)20(36)19-16(11-34(2)33-19)15-5-3-4-6-17(15)24/h3-6,8-9,11,13,18H,7,10,12H2,1-2H3,(H,30,31,32). The number of hydrogen-bond acceptors (Lipinski definition) is 5. The molecule has 1 aromatic carbocycles. The fourth-order valence-corrected chi connectivity index (χ4v) is 4.30. The number of amides is 1. The van der Waals surface area contributed by atoms with Crippen LogP contribution in [0.5, 0.6) is 0 Å². The molecule has 2 aromatic heterocycles. The van der Waals surface area contributed by atoms with Gasteiger partial charge in [0, 0.05) is 49.7 Å². The zero-order valence-corrected chi connectivity index (χ0v) is 19.2. The second-order valence-electron chi connectivity index (χ2n) is 8.76. The molecule has 3 heterocycles. The summed E-state index contributed by atoms with van der Waals surface area (Å²) in [7, 11) is 1.52. The highest BCUT2D eigenvalue weighted by atomic mass is 19.4. The molecule has 1 aliphatic heterocycles. The Morgan fingerprint density at radius 2 is 1.83 bits per heavy atom. The minimum Gasteiger partial charge on any atom is -0.352 e. The summed E-state index contributed by atoms with van der Waals surface area (Å²) in [6, 6.07) is 4.93. The molecule has 1 aliphatic rings. The molecule has 0 saturated carbocycles. The Labute approximate surface area is 202 Å². The lowest BCUT2D eigenvalue weighted by Gasteiger charge is -2.43. The maximum Gasteiger partial charge on any atom is 0.419 e. The fourth-order valence-electron chi connectivity index (χ4n) is 4.30. The summed E-state index contributed by atoms with van der Waals surface area (Å²) in [6.45, 7) is 0.545. The van der Waals surface area contributed by atoms with Gasteiger partial charge in [-0.1, -0.05) is 25.1 Å². The Hall–Kier alpha value is -3.64. The van der Waals surface area contributed by atoms with Crippen LogP contribution in [0.2, 0.25) is 0 Å². The van der Waals surface area contributed by atoms with Gasteiger partial charge in [0.2, 0.25) is 5.95 Å². The van der Waals surface area contributed by atoms with Crippen LogP contribution in [-0.2, 0) is 13.2 Å². The molecular formula is C23H22F6N6O. The average Bonchev–Trinajstić information content (AvgIpc) is 3.18. The van der Waals surface area contributed by atoms with Crippen LogP contribution in [0, 0.1) is 11.7 Å². The molecular weight excluding hydrogens is 490 g/mol. The van der Waals surface area contributed by atoms with E-state index in [4.69, 9.17) is 0 Å². The second kappa shape index (κ2) is 9.43. The molecule has 2 atom stereocenters. The third-order valence-electron chi connectivity index (χ3n) is 5.98. The van der Waals surface area contributed by atoms with E-state index < -0.39 is 54.3 Å². The van der Waals surface area contributed by atoms with Crippen molar-refractivity contribution < 1.29 is 31.1 Å². The lowest BCUT2D eigenvalue weighted by molar-refractivity contribution is -0.138. The number of benzene rings is 1. The van der Waals surface area contributed by atoms with Gasteiger partial charge in [-0.2, -0.15) is 18.3 Å². The summed E-state index contributed by atoms with van der Waals surface area (Å²) < 4.78 is 83.1. The van der Waals surface area contributed by atoms with Crippen LogP contribution in [0.1, 0.15) is 29.4 Å². The lowest BCUT2D eigenvalue weighted by atomic mass is 9.88. The number of anilines is 1. The monoisotopic (exact) mass is 512 g/mol. The number of nitrogens with one attached hydrogen (secondary N) is 1. The molecule has 1 N–H and O–H groups in total. The van der Waals surface area contributed by atoms with E-state index in [9.17, 15) is 31.1 Å². The summed E-state index contributed by atoms with van der Waals surface area (Å²) in [5, 5.41) is 6.86. The Balaban J connectivity index is 1.62. The summed E-state index contributed by atoms with van der Waals surface area (Å²) >= 11 is 0. The molecule has 2 unspecified atom stereocenters. The molecule has 1 amide bonds. The van der Waals surface area contributed by atoms with E-state index >= 15 is 0 Å². The van der Waals surface area contributed by atoms with Gasteiger partial charge in [-0.3, -0.25) is 9.48 Å². The van der Waals surface area contributed by atoms with Crippen LogP contribution in [0.15, 0.2) is 42.9 Å². The molecule has 1 fully saturated rings. The van der Waals surface area contributed by atoms with Crippen molar-refractivity contribution in [3.05, 3.63) is 59.9 Å². The number of piperidine rings is 1. The van der Waals surface area contributed by atoms with E-state index in [1.54, 1.807) is 13.0 Å². The molecule has 0 spiro atoms. The quantitative estimate of drug-likeness (QED) is 0.505. The number of aryl methyl sites for hydroxylation is 1. The number of carbonyl (C=O) groups excluding carboxylic acids is 1. The topological polar surface area (TPSA) is 75.9 Å². The molecule has 36 heavy (non-hydrogen) atoms. The Kier molecular flexibility index (Phi) is 6.67. The highest BCUT2D eigenvalue weighted by Gasteiger charge is 2.47. The minimum absolute atomic E-state index is 0.0959. The molecule has 7 nitrogen and oxygen atoms in total. The van der Waals surface area contributed by atoms with Gasteiger partial charge in [0.25, 0.3) is 11.8 Å². The van der Waals surface area contributed by atoms with Crippen molar-refractivity contribution in [2.45, 2.75) is 31.5 Å². The first-order chi connectivity index (χ1) is 16.9. The van der Waals surface area contributed by atoms with Crippen molar-refractivity contribution >= 4 is 11.9 Å². The van der Waals surface area contributed by atoms with Crippen molar-refractivity contribution in [2.24, 2.45) is 13.0 Å². The van der Waals surface area contributed by atoms with E-state index in [-0.39, 0.29) is 29.3 Å². The number of likely N-dealkylation sites (tertiary alicyclic amines) is 1. The highest BCUT2D eigenvalue weighted by molar-refractivity contribution is 5.99. The van der Waals surface area contributed by atoms with E-state index in [0.717, 1.165) is 4.90 Å². The van der Waals surface area contributed by atoms with Gasteiger partial charge < -0.3 is 10.2 Å². The summed E-state index contributed by atoms with van der Waals surface area (Å²) in [5.74, 6) is -5.44. The number of aromatic nitrogens is 4. The van der Waals surface area contributed by atoms with Gasteiger partial charge in [-0.05, 0) is 12.0 Å². The van der Waals surface area contributed by atoms with E-state index in [1.165, 1.54) is 36.1 Å². The number of alkyl halides is 5. The predicted octanol–water partition coefficient (Wildman–Crippen LogP) is 4.63. The normalized spacial score (nSPS) is 19.8.